The Morgan fingerprint density at radius 3 is 1.73 bits per heavy atom. The SMILES string of the molecule is Cl.N=C(N/N=C/c1ccc(Br)cc1)N/N=C/c1ccc(C(F)(F)F)cc1. The Kier molecular flexibility index (Phi) is 8.27. The molecule has 5 nitrogen and oxygen atoms in total. The van der Waals surface area contributed by atoms with E-state index in [4.69, 9.17) is 5.41 Å². The van der Waals surface area contributed by atoms with E-state index in [0.717, 1.165) is 22.2 Å². The Hall–Kier alpha value is -2.39. The number of nitrogens with zero attached hydrogens (tertiary/aromatic N) is 2. The van der Waals surface area contributed by atoms with E-state index in [1.165, 1.54) is 24.6 Å². The van der Waals surface area contributed by atoms with Gasteiger partial charge in [0.15, 0.2) is 0 Å². The first-order valence-electron chi connectivity index (χ1n) is 6.94. The normalized spacial score (nSPS) is 11.4. The number of hydrogen-bond acceptors (Lipinski definition) is 3. The number of rotatable bonds is 4. The molecule has 0 saturated heterocycles. The molecule has 3 N–H and O–H groups in total. The van der Waals surface area contributed by atoms with Gasteiger partial charge in [-0.1, -0.05) is 40.2 Å². The maximum absolute atomic E-state index is 12.4. The van der Waals surface area contributed by atoms with Crippen molar-refractivity contribution in [3.8, 4) is 0 Å². The lowest BCUT2D eigenvalue weighted by atomic mass is 10.1. The van der Waals surface area contributed by atoms with Gasteiger partial charge in [-0.2, -0.15) is 23.4 Å². The van der Waals surface area contributed by atoms with Crippen molar-refractivity contribution in [1.82, 2.24) is 10.9 Å². The summed E-state index contributed by atoms with van der Waals surface area (Å²) in [6.07, 6.45) is -1.54. The first kappa shape index (κ1) is 21.7. The van der Waals surface area contributed by atoms with Gasteiger partial charge in [0.1, 0.15) is 0 Å². The Labute approximate surface area is 162 Å². The zero-order valence-electron chi connectivity index (χ0n) is 13.1. The van der Waals surface area contributed by atoms with Crippen LogP contribution in [0.3, 0.4) is 0 Å². The summed E-state index contributed by atoms with van der Waals surface area (Å²) < 4.78 is 38.3. The van der Waals surface area contributed by atoms with Crippen molar-refractivity contribution in [3.63, 3.8) is 0 Å². The van der Waals surface area contributed by atoms with Gasteiger partial charge in [-0.05, 0) is 35.4 Å². The highest BCUT2D eigenvalue weighted by molar-refractivity contribution is 9.10. The van der Waals surface area contributed by atoms with Gasteiger partial charge in [0.05, 0.1) is 18.0 Å². The molecule has 0 radical (unpaired) electrons. The second-order valence-electron chi connectivity index (χ2n) is 4.79. The van der Waals surface area contributed by atoms with Crippen LogP contribution in [0.4, 0.5) is 13.2 Å². The molecule has 10 heteroatoms. The highest BCUT2D eigenvalue weighted by atomic mass is 79.9. The molecule has 2 aromatic carbocycles. The topological polar surface area (TPSA) is 72.6 Å². The van der Waals surface area contributed by atoms with Gasteiger partial charge in [0, 0.05) is 4.47 Å². The molecule has 2 aromatic rings. The molecule has 0 atom stereocenters. The van der Waals surface area contributed by atoms with Gasteiger partial charge in [0.25, 0.3) is 0 Å². The number of halogens is 5. The lowest BCUT2D eigenvalue weighted by Crippen LogP contribution is -2.29. The van der Waals surface area contributed by atoms with Crippen molar-refractivity contribution in [2.45, 2.75) is 6.18 Å². The number of hydrogen-bond donors (Lipinski definition) is 3. The molecule has 0 unspecified atom stereocenters. The molecule has 0 spiro atoms. The van der Waals surface area contributed by atoms with E-state index in [2.05, 4.69) is 37.0 Å². The van der Waals surface area contributed by atoms with E-state index in [1.54, 1.807) is 0 Å². The van der Waals surface area contributed by atoms with Gasteiger partial charge >= 0.3 is 6.18 Å². The Morgan fingerprint density at radius 1 is 0.885 bits per heavy atom. The highest BCUT2D eigenvalue weighted by Crippen LogP contribution is 2.28. The minimum Gasteiger partial charge on any atom is -0.266 e. The zero-order valence-corrected chi connectivity index (χ0v) is 15.5. The molecular weight excluding hydrogens is 435 g/mol. The molecule has 0 aliphatic carbocycles. The number of alkyl halides is 3. The van der Waals surface area contributed by atoms with E-state index < -0.39 is 11.7 Å². The van der Waals surface area contributed by atoms with E-state index in [0.29, 0.717) is 5.56 Å². The molecule has 0 amide bonds. The van der Waals surface area contributed by atoms with Gasteiger partial charge in [0.2, 0.25) is 5.96 Å². The summed E-state index contributed by atoms with van der Waals surface area (Å²) in [4.78, 5) is 0. The molecular formula is C16H14BrClF3N5. The van der Waals surface area contributed by atoms with Gasteiger partial charge in [-0.15, -0.1) is 12.4 Å². The summed E-state index contributed by atoms with van der Waals surface area (Å²) in [5, 5.41) is 15.2. The zero-order chi connectivity index (χ0) is 18.3. The van der Waals surface area contributed by atoms with Crippen LogP contribution >= 0.6 is 28.3 Å². The molecule has 0 saturated carbocycles. The average Bonchev–Trinajstić information content (AvgIpc) is 2.56. The second-order valence-corrected chi connectivity index (χ2v) is 5.70. The smallest absolute Gasteiger partial charge is 0.266 e. The summed E-state index contributed by atoms with van der Waals surface area (Å²) in [5.74, 6) is -0.184. The largest absolute Gasteiger partial charge is 0.416 e. The molecule has 0 aromatic heterocycles. The summed E-state index contributed by atoms with van der Waals surface area (Å²) in [5.41, 5.74) is 5.38. The van der Waals surface area contributed by atoms with Crippen LogP contribution in [-0.4, -0.2) is 18.4 Å². The fourth-order valence-electron chi connectivity index (χ4n) is 1.67. The molecule has 0 bridgehead atoms. The quantitative estimate of drug-likeness (QED) is 0.369. The molecule has 0 aliphatic heterocycles. The van der Waals surface area contributed by atoms with Crippen molar-refractivity contribution < 1.29 is 13.2 Å². The summed E-state index contributed by atoms with van der Waals surface area (Å²) in [7, 11) is 0. The minimum absolute atomic E-state index is 0. The monoisotopic (exact) mass is 447 g/mol. The molecule has 138 valence electrons. The molecule has 26 heavy (non-hydrogen) atoms. The van der Waals surface area contributed by atoms with Gasteiger partial charge in [-0.25, -0.2) is 10.9 Å². The summed E-state index contributed by atoms with van der Waals surface area (Å²) in [6.45, 7) is 0. The Morgan fingerprint density at radius 2 is 1.31 bits per heavy atom. The molecule has 0 fully saturated rings. The fraction of sp³-hybridized carbons (Fsp3) is 0.0625. The van der Waals surface area contributed by atoms with Crippen molar-refractivity contribution in [2.24, 2.45) is 10.2 Å². The predicted octanol–water partition coefficient (Wildman–Crippen LogP) is 4.37. The van der Waals surface area contributed by atoms with Crippen LogP contribution in [-0.2, 0) is 6.18 Å². The van der Waals surface area contributed by atoms with Crippen molar-refractivity contribution >= 4 is 46.7 Å². The van der Waals surface area contributed by atoms with E-state index in [1.807, 2.05) is 24.3 Å². The van der Waals surface area contributed by atoms with E-state index >= 15 is 0 Å². The van der Waals surface area contributed by atoms with Crippen LogP contribution in [0.25, 0.3) is 0 Å². The third-order valence-electron chi connectivity index (χ3n) is 2.89. The molecule has 2 rings (SSSR count). The average molecular weight is 449 g/mol. The fourth-order valence-corrected chi connectivity index (χ4v) is 1.94. The number of nitrogens with one attached hydrogen (secondary N) is 3. The molecule has 0 aliphatic rings. The Balaban J connectivity index is 0.00000338. The number of benzene rings is 2. The number of hydrazone groups is 2. The molecule has 0 heterocycles. The minimum atomic E-state index is -4.37. The van der Waals surface area contributed by atoms with E-state index in [9.17, 15) is 13.2 Å². The Bertz CT molecular complexity index is 774. The van der Waals surface area contributed by atoms with Crippen LogP contribution in [0, 0.1) is 5.41 Å². The predicted molar refractivity (Wildman–Crippen MR) is 102 cm³/mol. The first-order chi connectivity index (χ1) is 11.8. The standard InChI is InChI=1S/C16H13BrF3N5.ClH/c17-14-7-3-12(4-8-14)10-23-25-15(21)24-22-9-11-1-5-13(6-2-11)16(18,19)20;/h1-10H,(H3,21,24,25);1H/b22-9+,23-10+;. The van der Waals surface area contributed by atoms with Crippen molar-refractivity contribution in [3.05, 3.63) is 69.7 Å². The highest BCUT2D eigenvalue weighted by Gasteiger charge is 2.29. The van der Waals surface area contributed by atoms with Crippen molar-refractivity contribution in [2.75, 3.05) is 0 Å². The summed E-state index contributed by atoms with van der Waals surface area (Å²) in [6, 6.07) is 11.9. The van der Waals surface area contributed by atoms with E-state index in [-0.39, 0.29) is 18.4 Å². The maximum Gasteiger partial charge on any atom is 0.416 e. The first-order valence-corrected chi connectivity index (χ1v) is 7.73. The second kappa shape index (κ2) is 9.93. The lowest BCUT2D eigenvalue weighted by Gasteiger charge is -2.05. The van der Waals surface area contributed by atoms with Crippen molar-refractivity contribution in [1.29, 1.82) is 5.41 Å². The summed E-state index contributed by atoms with van der Waals surface area (Å²) >= 11 is 3.32. The van der Waals surface area contributed by atoms with Gasteiger partial charge in [-0.3, -0.25) is 5.41 Å². The third kappa shape index (κ3) is 7.24. The lowest BCUT2D eigenvalue weighted by molar-refractivity contribution is -0.137. The van der Waals surface area contributed by atoms with Crippen LogP contribution in [0.5, 0.6) is 0 Å². The van der Waals surface area contributed by atoms with Crippen LogP contribution in [0.15, 0.2) is 63.2 Å². The third-order valence-corrected chi connectivity index (χ3v) is 3.42. The van der Waals surface area contributed by atoms with Crippen LogP contribution in [0.2, 0.25) is 0 Å². The number of guanidine groups is 1. The van der Waals surface area contributed by atoms with Gasteiger partial charge < -0.3 is 0 Å². The van der Waals surface area contributed by atoms with Crippen LogP contribution < -0.4 is 10.9 Å². The maximum atomic E-state index is 12.4. The van der Waals surface area contributed by atoms with Crippen LogP contribution in [0.1, 0.15) is 16.7 Å².